The maximum Gasteiger partial charge on any atom is 0.223 e. The van der Waals surface area contributed by atoms with Crippen molar-refractivity contribution in [2.75, 3.05) is 13.2 Å². The van der Waals surface area contributed by atoms with Crippen LogP contribution < -0.4 is 5.73 Å². The van der Waals surface area contributed by atoms with Crippen molar-refractivity contribution >= 4 is 5.91 Å². The second-order valence-corrected chi connectivity index (χ2v) is 11.3. The number of unbranched alkanes of at least 4 members (excludes halogenated alkanes) is 11. The monoisotopic (exact) mass is 579 g/mol. The second kappa shape index (κ2) is 18.6. The van der Waals surface area contributed by atoms with E-state index >= 15 is 0 Å². The van der Waals surface area contributed by atoms with Crippen LogP contribution in [-0.4, -0.2) is 116 Å². The number of nitrogens with two attached hydrogens (primary N) is 1. The van der Waals surface area contributed by atoms with E-state index in [-0.39, 0.29) is 0 Å². The number of aliphatic hydroxyl groups is 7. The number of ether oxygens (including phenoxy) is 3. The van der Waals surface area contributed by atoms with Crippen LogP contribution in [0.1, 0.15) is 90.4 Å². The zero-order chi connectivity index (χ0) is 29.7. The Hall–Kier alpha value is -0.930. The average molecular weight is 580 g/mol. The molecule has 9 N–H and O–H groups in total. The SMILES string of the molecule is CCCCCCCCCCCCCCC(C(N)=O)C1O[C@H](CO)[C@@H](O[C@@H]2O[C@H](CO)[C@H](O)[C@H](O)[C@H]2O)[C@H](O)[C@H]1O. The van der Waals surface area contributed by atoms with Gasteiger partial charge in [0.15, 0.2) is 6.29 Å². The van der Waals surface area contributed by atoms with Crippen molar-refractivity contribution in [2.45, 2.75) is 152 Å². The first-order valence-corrected chi connectivity index (χ1v) is 15.1. The molecule has 2 aliphatic heterocycles. The summed E-state index contributed by atoms with van der Waals surface area (Å²) in [5.41, 5.74) is 5.63. The van der Waals surface area contributed by atoms with Gasteiger partial charge in [0.05, 0.1) is 25.2 Å². The van der Waals surface area contributed by atoms with Gasteiger partial charge in [-0.15, -0.1) is 0 Å². The zero-order valence-electron chi connectivity index (χ0n) is 23.8. The van der Waals surface area contributed by atoms with E-state index < -0.39 is 86.3 Å². The molecule has 0 spiro atoms. The Labute approximate surface area is 237 Å². The van der Waals surface area contributed by atoms with Gasteiger partial charge in [0.25, 0.3) is 0 Å². The molecule has 236 valence electrons. The zero-order valence-corrected chi connectivity index (χ0v) is 23.8. The summed E-state index contributed by atoms with van der Waals surface area (Å²) < 4.78 is 16.7. The first-order chi connectivity index (χ1) is 19.2. The normalized spacial score (nSPS) is 35.5. The Morgan fingerprint density at radius 3 is 1.73 bits per heavy atom. The highest BCUT2D eigenvalue weighted by molar-refractivity contribution is 5.77. The molecule has 0 aliphatic carbocycles. The molecule has 1 amide bonds. The highest BCUT2D eigenvalue weighted by atomic mass is 16.7. The van der Waals surface area contributed by atoms with Crippen molar-refractivity contribution in [3.8, 4) is 0 Å². The summed E-state index contributed by atoms with van der Waals surface area (Å²) >= 11 is 0. The molecule has 12 nitrogen and oxygen atoms in total. The van der Waals surface area contributed by atoms with Gasteiger partial charge in [-0.2, -0.15) is 0 Å². The van der Waals surface area contributed by atoms with Gasteiger partial charge in [-0.3, -0.25) is 4.79 Å². The van der Waals surface area contributed by atoms with Crippen LogP contribution in [0.2, 0.25) is 0 Å². The average Bonchev–Trinajstić information content (AvgIpc) is 2.94. The predicted molar refractivity (Wildman–Crippen MR) is 145 cm³/mol. The van der Waals surface area contributed by atoms with Crippen LogP contribution in [-0.2, 0) is 19.0 Å². The Balaban J connectivity index is 1.84. The molecular weight excluding hydrogens is 526 g/mol. The number of carbonyl (C=O) groups is 1. The molecule has 0 bridgehead atoms. The molecule has 0 saturated carbocycles. The molecule has 0 aromatic carbocycles. The van der Waals surface area contributed by atoms with E-state index in [2.05, 4.69) is 6.92 Å². The van der Waals surface area contributed by atoms with Crippen LogP contribution in [0.15, 0.2) is 0 Å². The lowest BCUT2D eigenvalue weighted by Gasteiger charge is -2.47. The fraction of sp³-hybridized carbons (Fsp3) is 0.964. The molecule has 2 aliphatic rings. The number of aliphatic hydroxyl groups excluding tert-OH is 7. The molecular formula is C28H53NO11. The lowest BCUT2D eigenvalue weighted by molar-refractivity contribution is -0.343. The largest absolute Gasteiger partial charge is 0.394 e. The molecule has 2 heterocycles. The van der Waals surface area contributed by atoms with Crippen molar-refractivity contribution in [1.82, 2.24) is 0 Å². The third-order valence-electron chi connectivity index (χ3n) is 8.17. The minimum atomic E-state index is -1.75. The molecule has 11 atom stereocenters. The van der Waals surface area contributed by atoms with Crippen LogP contribution in [0.4, 0.5) is 0 Å². The van der Waals surface area contributed by atoms with Crippen LogP contribution >= 0.6 is 0 Å². The van der Waals surface area contributed by atoms with E-state index in [0.717, 1.165) is 19.3 Å². The highest BCUT2D eigenvalue weighted by Crippen LogP contribution is 2.33. The fourth-order valence-corrected chi connectivity index (χ4v) is 5.62. The van der Waals surface area contributed by atoms with Crippen LogP contribution in [0.5, 0.6) is 0 Å². The molecule has 2 unspecified atom stereocenters. The number of hydrogen-bond acceptors (Lipinski definition) is 11. The summed E-state index contributed by atoms with van der Waals surface area (Å²) in [6, 6.07) is 0. The predicted octanol–water partition coefficient (Wildman–Crippen LogP) is -0.154. The van der Waals surface area contributed by atoms with Crippen LogP contribution in [0, 0.1) is 5.92 Å². The van der Waals surface area contributed by atoms with Crippen molar-refractivity contribution in [3.05, 3.63) is 0 Å². The van der Waals surface area contributed by atoms with Gasteiger partial charge in [-0.1, -0.05) is 84.0 Å². The number of carbonyl (C=O) groups excluding carboxylic acids is 1. The summed E-state index contributed by atoms with van der Waals surface area (Å²) in [7, 11) is 0. The third kappa shape index (κ3) is 10.1. The minimum Gasteiger partial charge on any atom is -0.394 e. The van der Waals surface area contributed by atoms with E-state index in [4.69, 9.17) is 19.9 Å². The van der Waals surface area contributed by atoms with Gasteiger partial charge < -0.3 is 55.7 Å². The van der Waals surface area contributed by atoms with E-state index in [1.54, 1.807) is 0 Å². The second-order valence-electron chi connectivity index (χ2n) is 11.3. The van der Waals surface area contributed by atoms with Crippen molar-refractivity contribution in [3.63, 3.8) is 0 Å². The fourth-order valence-electron chi connectivity index (χ4n) is 5.62. The Morgan fingerprint density at radius 2 is 1.23 bits per heavy atom. The van der Waals surface area contributed by atoms with Gasteiger partial charge in [0.1, 0.15) is 48.8 Å². The van der Waals surface area contributed by atoms with E-state index in [9.17, 15) is 40.5 Å². The van der Waals surface area contributed by atoms with E-state index in [0.29, 0.717) is 12.8 Å². The summed E-state index contributed by atoms with van der Waals surface area (Å²) in [5, 5.41) is 71.2. The lowest BCUT2D eigenvalue weighted by atomic mass is 9.84. The molecule has 40 heavy (non-hydrogen) atoms. The Morgan fingerprint density at radius 1 is 0.700 bits per heavy atom. The van der Waals surface area contributed by atoms with E-state index in [1.807, 2.05) is 0 Å². The summed E-state index contributed by atoms with van der Waals surface area (Å²) in [4.78, 5) is 12.3. The molecule has 0 aromatic rings. The van der Waals surface area contributed by atoms with Crippen molar-refractivity contribution in [1.29, 1.82) is 0 Å². The first kappa shape index (κ1) is 35.3. The molecule has 2 fully saturated rings. The number of hydrogen-bond donors (Lipinski definition) is 8. The van der Waals surface area contributed by atoms with Crippen molar-refractivity contribution < 1.29 is 54.8 Å². The van der Waals surface area contributed by atoms with Gasteiger partial charge in [-0.05, 0) is 6.42 Å². The van der Waals surface area contributed by atoms with Gasteiger partial charge in [0.2, 0.25) is 5.91 Å². The maximum absolute atomic E-state index is 12.3. The molecule has 2 rings (SSSR count). The summed E-state index contributed by atoms with van der Waals surface area (Å²) in [5.74, 6) is -1.60. The molecule has 2 saturated heterocycles. The Bertz CT molecular complexity index is 697. The van der Waals surface area contributed by atoms with Crippen molar-refractivity contribution in [2.24, 2.45) is 11.7 Å². The van der Waals surface area contributed by atoms with E-state index in [1.165, 1.54) is 51.4 Å². The first-order valence-electron chi connectivity index (χ1n) is 15.1. The lowest BCUT2D eigenvalue weighted by Crippen LogP contribution is -2.65. The molecule has 0 radical (unpaired) electrons. The number of primary amides is 1. The quantitative estimate of drug-likeness (QED) is 0.0942. The number of rotatable bonds is 19. The van der Waals surface area contributed by atoms with Gasteiger partial charge in [0, 0.05) is 0 Å². The Kier molecular flexibility index (Phi) is 16.4. The summed E-state index contributed by atoms with van der Waals surface area (Å²) in [6.45, 7) is 0.876. The van der Waals surface area contributed by atoms with Gasteiger partial charge >= 0.3 is 0 Å². The molecule has 12 heteroatoms. The molecule has 0 aromatic heterocycles. The summed E-state index contributed by atoms with van der Waals surface area (Å²) in [6.07, 6.45) is -0.807. The van der Waals surface area contributed by atoms with Crippen LogP contribution in [0.3, 0.4) is 0 Å². The smallest absolute Gasteiger partial charge is 0.223 e. The highest BCUT2D eigenvalue weighted by Gasteiger charge is 2.52. The third-order valence-corrected chi connectivity index (χ3v) is 8.17. The standard InChI is InChI=1S/C28H53NO11/c1-2-3-4-5-6-7-8-9-10-11-12-13-14-17(27(29)37)25-22(34)23(35)26(19(16-31)38-25)40-28-24(36)21(33)20(32)18(15-30)39-28/h17-26,28,30-36H,2-16H2,1H3,(H2,29,37)/t17?,18-,19-,20+,21+,22-,23-,24-,25?,26-,28+/m1/s1. The van der Waals surface area contributed by atoms with Crippen LogP contribution in [0.25, 0.3) is 0 Å². The number of amides is 1. The van der Waals surface area contributed by atoms with Gasteiger partial charge in [-0.25, -0.2) is 0 Å². The minimum absolute atomic E-state index is 0.345. The maximum atomic E-state index is 12.3. The topological polar surface area (TPSA) is 212 Å².